The van der Waals surface area contributed by atoms with E-state index in [1.54, 1.807) is 0 Å². The van der Waals surface area contributed by atoms with E-state index in [1.807, 2.05) is 0 Å². The molecule has 1 rings (SSSR count). The Labute approximate surface area is 84.7 Å². The smallest absolute Gasteiger partial charge is 0.269 e. The molecule has 0 aromatic heterocycles. The van der Waals surface area contributed by atoms with Gasteiger partial charge in [-0.3, -0.25) is 10.1 Å². The van der Waals surface area contributed by atoms with Crippen molar-refractivity contribution in [2.75, 3.05) is 0 Å². The minimum absolute atomic E-state index is 0.0306. The first-order chi connectivity index (χ1) is 6.50. The van der Waals surface area contributed by atoms with Crippen molar-refractivity contribution in [1.29, 1.82) is 0 Å². The number of nitrogens with zero attached hydrogens (tertiary/aromatic N) is 1. The van der Waals surface area contributed by atoms with E-state index in [0.717, 1.165) is 18.2 Å². The first-order valence-electron chi connectivity index (χ1n) is 3.72. The third-order valence-corrected chi connectivity index (χ3v) is 1.75. The molecule has 0 amide bonds. The molecule has 14 heavy (non-hydrogen) atoms. The second kappa shape index (κ2) is 4.10. The molecule has 0 spiro atoms. The molecule has 6 heteroatoms. The van der Waals surface area contributed by atoms with E-state index in [-0.39, 0.29) is 22.7 Å². The fraction of sp³-hybridized carbons (Fsp3) is 0.125. The summed E-state index contributed by atoms with van der Waals surface area (Å²) in [5.74, 6) is -0.539. The summed E-state index contributed by atoms with van der Waals surface area (Å²) in [5.41, 5.74) is 5.19. The van der Waals surface area contributed by atoms with Crippen molar-refractivity contribution < 1.29 is 9.31 Å². The lowest BCUT2D eigenvalue weighted by Gasteiger charge is -2.00. The predicted octanol–water partition coefficient (Wildman–Crippen LogP) is 1.56. The minimum Gasteiger partial charge on any atom is -0.393 e. The summed E-state index contributed by atoms with van der Waals surface area (Å²) in [6.07, 6.45) is 0.0306. The molecule has 0 radical (unpaired) electrons. The van der Waals surface area contributed by atoms with Crippen LogP contribution in [0.4, 0.5) is 10.1 Å². The van der Waals surface area contributed by atoms with Gasteiger partial charge in [-0.05, 0) is 6.07 Å². The summed E-state index contributed by atoms with van der Waals surface area (Å²) in [6, 6.07) is 3.26. The highest BCUT2D eigenvalue weighted by Gasteiger charge is 2.10. The lowest BCUT2D eigenvalue weighted by Crippen LogP contribution is -2.12. The van der Waals surface area contributed by atoms with Gasteiger partial charge >= 0.3 is 0 Å². The van der Waals surface area contributed by atoms with Crippen LogP contribution in [0.15, 0.2) is 18.2 Å². The molecule has 0 aliphatic rings. The number of benzene rings is 1. The molecule has 0 aliphatic carbocycles. The van der Waals surface area contributed by atoms with Crippen LogP contribution in [0.5, 0.6) is 0 Å². The maximum Gasteiger partial charge on any atom is 0.269 e. The van der Waals surface area contributed by atoms with Gasteiger partial charge in [-0.2, -0.15) is 0 Å². The van der Waals surface area contributed by atoms with Crippen LogP contribution in [-0.2, 0) is 6.42 Å². The molecule has 0 aliphatic heterocycles. The number of nitro benzene ring substituents is 1. The summed E-state index contributed by atoms with van der Waals surface area (Å²) in [4.78, 5) is 9.88. The van der Waals surface area contributed by atoms with Crippen LogP contribution in [0.25, 0.3) is 0 Å². The van der Waals surface area contributed by atoms with Gasteiger partial charge in [-0.1, -0.05) is 12.2 Å². The van der Waals surface area contributed by atoms with Gasteiger partial charge in [0.25, 0.3) is 5.69 Å². The topological polar surface area (TPSA) is 69.2 Å². The van der Waals surface area contributed by atoms with Gasteiger partial charge in [-0.25, -0.2) is 4.39 Å². The zero-order chi connectivity index (χ0) is 10.7. The van der Waals surface area contributed by atoms with E-state index in [9.17, 15) is 14.5 Å². The lowest BCUT2D eigenvalue weighted by atomic mass is 10.1. The maximum absolute atomic E-state index is 13.1. The lowest BCUT2D eigenvalue weighted by molar-refractivity contribution is -0.385. The highest BCUT2D eigenvalue weighted by molar-refractivity contribution is 7.80. The van der Waals surface area contributed by atoms with Crippen molar-refractivity contribution in [3.63, 3.8) is 0 Å². The Morgan fingerprint density at radius 2 is 2.29 bits per heavy atom. The second-order valence-corrected chi connectivity index (χ2v) is 3.20. The van der Waals surface area contributed by atoms with Crippen molar-refractivity contribution >= 4 is 22.9 Å². The van der Waals surface area contributed by atoms with Crippen LogP contribution in [0.1, 0.15) is 5.56 Å². The number of hydrogen-bond acceptors (Lipinski definition) is 3. The van der Waals surface area contributed by atoms with E-state index >= 15 is 0 Å². The van der Waals surface area contributed by atoms with Crippen molar-refractivity contribution in [3.05, 3.63) is 39.7 Å². The third kappa shape index (κ3) is 2.46. The third-order valence-electron chi connectivity index (χ3n) is 1.60. The second-order valence-electron chi connectivity index (χ2n) is 2.68. The summed E-state index contributed by atoms with van der Waals surface area (Å²) < 4.78 is 13.1. The van der Waals surface area contributed by atoms with Crippen molar-refractivity contribution in [2.45, 2.75) is 6.42 Å². The Kier molecular flexibility index (Phi) is 3.08. The molecule has 0 fully saturated rings. The van der Waals surface area contributed by atoms with E-state index in [1.165, 1.54) is 0 Å². The van der Waals surface area contributed by atoms with Gasteiger partial charge in [0.15, 0.2) is 0 Å². The quantitative estimate of drug-likeness (QED) is 0.471. The molecule has 1 aromatic rings. The number of thiocarbonyl (C=S) groups is 1. The van der Waals surface area contributed by atoms with E-state index in [4.69, 9.17) is 5.73 Å². The zero-order valence-corrected chi connectivity index (χ0v) is 7.88. The van der Waals surface area contributed by atoms with Gasteiger partial charge < -0.3 is 5.73 Å². The molecule has 1 aromatic carbocycles. The van der Waals surface area contributed by atoms with E-state index < -0.39 is 10.7 Å². The molecular weight excluding hydrogens is 207 g/mol. The van der Waals surface area contributed by atoms with Crippen LogP contribution in [0, 0.1) is 15.9 Å². The SMILES string of the molecule is NC(=S)Cc1cc([N+](=O)[O-])ccc1F. The molecule has 0 saturated heterocycles. The van der Waals surface area contributed by atoms with Crippen LogP contribution in [-0.4, -0.2) is 9.91 Å². The van der Waals surface area contributed by atoms with Gasteiger partial charge in [0, 0.05) is 24.1 Å². The average Bonchev–Trinajstić information content (AvgIpc) is 2.07. The van der Waals surface area contributed by atoms with Crippen LogP contribution in [0.2, 0.25) is 0 Å². The Balaban J connectivity index is 3.08. The minimum atomic E-state index is -0.595. The highest BCUT2D eigenvalue weighted by Crippen LogP contribution is 2.17. The number of hydrogen-bond donors (Lipinski definition) is 1. The van der Waals surface area contributed by atoms with Gasteiger partial charge in [0.2, 0.25) is 0 Å². The molecule has 0 bridgehead atoms. The van der Waals surface area contributed by atoms with Crippen molar-refractivity contribution in [2.24, 2.45) is 5.73 Å². The fourth-order valence-corrected chi connectivity index (χ4v) is 1.15. The molecule has 0 saturated carbocycles. The molecule has 0 heterocycles. The number of nitrogens with two attached hydrogens (primary N) is 1. The van der Waals surface area contributed by atoms with Crippen LogP contribution < -0.4 is 5.73 Å². The van der Waals surface area contributed by atoms with Crippen LogP contribution >= 0.6 is 12.2 Å². The standard InChI is InChI=1S/C8H7FN2O2S/c9-7-2-1-6(11(12)13)3-5(7)4-8(10)14/h1-3H,4H2,(H2,10,14). The monoisotopic (exact) mass is 214 g/mol. The molecule has 4 nitrogen and oxygen atoms in total. The number of rotatable bonds is 3. The number of halogens is 1. The summed E-state index contributed by atoms with van der Waals surface area (Å²) >= 11 is 4.59. The van der Waals surface area contributed by atoms with Crippen molar-refractivity contribution in [3.8, 4) is 0 Å². The Bertz CT molecular complexity index is 395. The zero-order valence-electron chi connectivity index (χ0n) is 7.07. The average molecular weight is 214 g/mol. The Morgan fingerprint density at radius 3 is 2.79 bits per heavy atom. The predicted molar refractivity (Wildman–Crippen MR) is 53.5 cm³/mol. The first-order valence-corrected chi connectivity index (χ1v) is 4.12. The molecule has 0 atom stereocenters. The summed E-state index contributed by atoms with van der Waals surface area (Å²) in [5, 5.41) is 10.4. The Morgan fingerprint density at radius 1 is 1.64 bits per heavy atom. The molecule has 2 N–H and O–H groups in total. The van der Waals surface area contributed by atoms with E-state index in [0.29, 0.717) is 0 Å². The highest BCUT2D eigenvalue weighted by atomic mass is 32.1. The van der Waals surface area contributed by atoms with Gasteiger partial charge in [0.05, 0.1) is 9.91 Å². The number of nitro groups is 1. The van der Waals surface area contributed by atoms with Gasteiger partial charge in [0.1, 0.15) is 5.82 Å². The number of non-ortho nitro benzene ring substituents is 1. The van der Waals surface area contributed by atoms with Crippen molar-refractivity contribution in [1.82, 2.24) is 0 Å². The summed E-state index contributed by atoms with van der Waals surface area (Å²) in [6.45, 7) is 0. The maximum atomic E-state index is 13.1. The molecule has 74 valence electrons. The molecule has 0 unspecified atom stereocenters. The first kappa shape index (κ1) is 10.5. The van der Waals surface area contributed by atoms with E-state index in [2.05, 4.69) is 12.2 Å². The summed E-state index contributed by atoms with van der Waals surface area (Å²) in [7, 11) is 0. The molecular formula is C8H7FN2O2S. The van der Waals surface area contributed by atoms with Gasteiger partial charge in [-0.15, -0.1) is 0 Å². The van der Waals surface area contributed by atoms with Crippen LogP contribution in [0.3, 0.4) is 0 Å². The normalized spacial score (nSPS) is 9.79. The largest absolute Gasteiger partial charge is 0.393 e. The fourth-order valence-electron chi connectivity index (χ4n) is 0.998. The Hall–Kier alpha value is -1.56.